The lowest BCUT2D eigenvalue weighted by atomic mass is 10.1. The molecule has 1 heterocycles. The number of nitrogens with zero attached hydrogens (tertiary/aromatic N) is 2. The van der Waals surface area contributed by atoms with Gasteiger partial charge >= 0.3 is 0 Å². The zero-order chi connectivity index (χ0) is 12.4. The van der Waals surface area contributed by atoms with E-state index in [1.807, 2.05) is 30.5 Å². The van der Waals surface area contributed by atoms with Crippen molar-refractivity contribution in [3.05, 3.63) is 35.5 Å². The topological polar surface area (TPSA) is 16.1 Å². The molecule has 90 valence electrons. The van der Waals surface area contributed by atoms with Crippen molar-refractivity contribution in [1.29, 1.82) is 0 Å². The number of pyridine rings is 1. The van der Waals surface area contributed by atoms with Crippen LogP contribution in [0.2, 0.25) is 5.02 Å². The summed E-state index contributed by atoms with van der Waals surface area (Å²) in [5.74, 6) is 0. The Morgan fingerprint density at radius 1 is 1.41 bits per heavy atom. The van der Waals surface area contributed by atoms with Crippen LogP contribution in [0.1, 0.15) is 6.92 Å². The second-order valence-corrected chi connectivity index (χ2v) is 6.15. The number of hydrogen-bond acceptors (Lipinski definition) is 2. The van der Waals surface area contributed by atoms with Crippen LogP contribution in [0.25, 0.3) is 10.9 Å². The summed E-state index contributed by atoms with van der Waals surface area (Å²) >= 11 is 9.54. The average Bonchev–Trinajstić information content (AvgIpc) is 2.26. The molecule has 2 aromatic rings. The SMILES string of the molecule is CC(Br)CN(C)c1ccnc2cc(Cl)ccc12. The molecule has 1 atom stereocenters. The zero-order valence-electron chi connectivity index (χ0n) is 9.82. The third kappa shape index (κ3) is 2.90. The molecule has 1 aromatic carbocycles. The summed E-state index contributed by atoms with van der Waals surface area (Å²) < 4.78 is 0. The normalized spacial score (nSPS) is 12.7. The van der Waals surface area contributed by atoms with Gasteiger partial charge in [-0.2, -0.15) is 0 Å². The Balaban J connectivity index is 2.47. The van der Waals surface area contributed by atoms with Crippen LogP contribution < -0.4 is 4.90 Å². The van der Waals surface area contributed by atoms with E-state index >= 15 is 0 Å². The first-order valence-corrected chi connectivity index (χ1v) is 6.77. The monoisotopic (exact) mass is 312 g/mol. The van der Waals surface area contributed by atoms with E-state index in [4.69, 9.17) is 11.6 Å². The Labute approximate surface area is 115 Å². The molecule has 2 rings (SSSR count). The highest BCUT2D eigenvalue weighted by Crippen LogP contribution is 2.27. The Morgan fingerprint density at radius 3 is 2.88 bits per heavy atom. The lowest BCUT2D eigenvalue weighted by Gasteiger charge is -2.22. The van der Waals surface area contributed by atoms with Gasteiger partial charge in [-0.15, -0.1) is 0 Å². The van der Waals surface area contributed by atoms with Gasteiger partial charge in [0.1, 0.15) is 0 Å². The van der Waals surface area contributed by atoms with Crippen LogP contribution >= 0.6 is 27.5 Å². The Hall–Kier alpha value is -0.800. The molecule has 0 aliphatic carbocycles. The van der Waals surface area contributed by atoms with Crippen LogP contribution in [-0.4, -0.2) is 23.4 Å². The highest BCUT2D eigenvalue weighted by molar-refractivity contribution is 9.09. The maximum absolute atomic E-state index is 5.97. The van der Waals surface area contributed by atoms with Crippen LogP contribution in [0.5, 0.6) is 0 Å². The minimum Gasteiger partial charge on any atom is -0.373 e. The number of anilines is 1. The fraction of sp³-hybridized carbons (Fsp3) is 0.308. The number of rotatable bonds is 3. The molecule has 2 nitrogen and oxygen atoms in total. The second-order valence-electron chi connectivity index (χ2n) is 4.15. The molecular weight excluding hydrogens is 300 g/mol. The molecule has 0 fully saturated rings. The Kier molecular flexibility index (Phi) is 3.89. The third-order valence-electron chi connectivity index (χ3n) is 2.62. The van der Waals surface area contributed by atoms with Crippen molar-refractivity contribution in [2.75, 3.05) is 18.5 Å². The second kappa shape index (κ2) is 5.23. The van der Waals surface area contributed by atoms with Gasteiger partial charge in [0.15, 0.2) is 0 Å². The van der Waals surface area contributed by atoms with E-state index in [0.29, 0.717) is 4.83 Å². The summed E-state index contributed by atoms with van der Waals surface area (Å²) in [5.41, 5.74) is 2.11. The molecule has 17 heavy (non-hydrogen) atoms. The zero-order valence-corrected chi connectivity index (χ0v) is 12.2. The first kappa shape index (κ1) is 12.7. The Bertz CT molecular complexity index is 528. The third-order valence-corrected chi connectivity index (χ3v) is 3.14. The molecular formula is C13H14BrClN2. The van der Waals surface area contributed by atoms with E-state index in [2.05, 4.69) is 39.8 Å². The van der Waals surface area contributed by atoms with E-state index in [1.54, 1.807) is 0 Å². The van der Waals surface area contributed by atoms with E-state index in [-0.39, 0.29) is 0 Å². The number of aromatic nitrogens is 1. The highest BCUT2D eigenvalue weighted by Gasteiger charge is 2.08. The molecule has 0 saturated carbocycles. The average molecular weight is 314 g/mol. The molecule has 0 bridgehead atoms. The lowest BCUT2D eigenvalue weighted by Crippen LogP contribution is -2.24. The number of hydrogen-bond donors (Lipinski definition) is 0. The molecule has 1 unspecified atom stereocenters. The van der Waals surface area contributed by atoms with Crippen LogP contribution in [0.15, 0.2) is 30.5 Å². The number of benzene rings is 1. The van der Waals surface area contributed by atoms with E-state index in [9.17, 15) is 0 Å². The molecule has 0 amide bonds. The summed E-state index contributed by atoms with van der Waals surface area (Å²) in [7, 11) is 2.08. The summed E-state index contributed by atoms with van der Waals surface area (Å²) in [5, 5.41) is 1.85. The molecule has 0 radical (unpaired) electrons. The van der Waals surface area contributed by atoms with Crippen molar-refractivity contribution in [2.45, 2.75) is 11.8 Å². The summed E-state index contributed by atoms with van der Waals surface area (Å²) in [6.07, 6.45) is 1.82. The van der Waals surface area contributed by atoms with Crippen LogP contribution in [-0.2, 0) is 0 Å². The minimum absolute atomic E-state index is 0.447. The van der Waals surface area contributed by atoms with Gasteiger partial charge in [-0.25, -0.2) is 0 Å². The van der Waals surface area contributed by atoms with Crippen molar-refractivity contribution >= 4 is 44.1 Å². The molecule has 4 heteroatoms. The van der Waals surface area contributed by atoms with Crippen molar-refractivity contribution in [3.63, 3.8) is 0 Å². The predicted molar refractivity (Wildman–Crippen MR) is 78.4 cm³/mol. The largest absolute Gasteiger partial charge is 0.373 e. The van der Waals surface area contributed by atoms with Gasteiger partial charge < -0.3 is 4.90 Å². The van der Waals surface area contributed by atoms with Gasteiger partial charge in [-0.1, -0.05) is 34.5 Å². The van der Waals surface area contributed by atoms with Gasteiger partial charge in [-0.05, 0) is 24.3 Å². The summed E-state index contributed by atoms with van der Waals surface area (Å²) in [4.78, 5) is 7.01. The van der Waals surface area contributed by atoms with Crippen molar-refractivity contribution in [2.24, 2.45) is 0 Å². The van der Waals surface area contributed by atoms with Gasteiger partial charge in [0.05, 0.1) is 5.52 Å². The van der Waals surface area contributed by atoms with Gasteiger partial charge in [0, 0.05) is 40.7 Å². The van der Waals surface area contributed by atoms with Crippen molar-refractivity contribution in [1.82, 2.24) is 4.98 Å². The maximum atomic E-state index is 5.97. The standard InChI is InChI=1S/C13H14BrClN2/c1-9(14)8-17(2)13-5-6-16-12-7-10(15)3-4-11(12)13/h3-7,9H,8H2,1-2H3. The van der Waals surface area contributed by atoms with E-state index in [1.165, 1.54) is 5.69 Å². The molecule has 0 aliphatic heterocycles. The van der Waals surface area contributed by atoms with Crippen LogP contribution in [0.4, 0.5) is 5.69 Å². The number of fused-ring (bicyclic) bond motifs is 1. The lowest BCUT2D eigenvalue weighted by molar-refractivity contribution is 0.880. The quantitative estimate of drug-likeness (QED) is 0.793. The van der Waals surface area contributed by atoms with Crippen LogP contribution in [0, 0.1) is 0 Å². The number of alkyl halides is 1. The molecule has 0 spiro atoms. The first-order chi connectivity index (χ1) is 8.08. The molecule has 0 N–H and O–H groups in total. The predicted octanol–water partition coefficient (Wildman–Crippen LogP) is 4.11. The maximum Gasteiger partial charge on any atom is 0.0737 e. The van der Waals surface area contributed by atoms with Crippen LogP contribution in [0.3, 0.4) is 0 Å². The van der Waals surface area contributed by atoms with E-state index in [0.717, 1.165) is 22.5 Å². The molecule has 1 aromatic heterocycles. The highest BCUT2D eigenvalue weighted by atomic mass is 79.9. The fourth-order valence-electron chi connectivity index (χ4n) is 1.91. The van der Waals surface area contributed by atoms with Gasteiger partial charge in [-0.3, -0.25) is 4.98 Å². The van der Waals surface area contributed by atoms with Gasteiger partial charge in [0.25, 0.3) is 0 Å². The Morgan fingerprint density at radius 2 is 2.18 bits per heavy atom. The minimum atomic E-state index is 0.447. The summed E-state index contributed by atoms with van der Waals surface area (Å²) in [6.45, 7) is 3.08. The molecule has 0 aliphatic rings. The van der Waals surface area contributed by atoms with Gasteiger partial charge in [0.2, 0.25) is 0 Å². The smallest absolute Gasteiger partial charge is 0.0737 e. The van der Waals surface area contributed by atoms with E-state index < -0.39 is 0 Å². The van der Waals surface area contributed by atoms with Crippen molar-refractivity contribution in [3.8, 4) is 0 Å². The fourth-order valence-corrected chi connectivity index (χ4v) is 2.52. The van der Waals surface area contributed by atoms with Crippen molar-refractivity contribution < 1.29 is 0 Å². The number of halogens is 2. The first-order valence-electron chi connectivity index (χ1n) is 5.47. The summed E-state index contributed by atoms with van der Waals surface area (Å²) in [6, 6.07) is 7.85. The molecule has 0 saturated heterocycles.